The van der Waals surface area contributed by atoms with E-state index in [0.29, 0.717) is 17.0 Å². The van der Waals surface area contributed by atoms with Gasteiger partial charge in [0.15, 0.2) is 23.2 Å². The first-order valence-electron chi connectivity index (χ1n) is 6.90. The van der Waals surface area contributed by atoms with Gasteiger partial charge in [0, 0.05) is 21.2 Å². The molecular weight excluding hydrogens is 290 g/mol. The van der Waals surface area contributed by atoms with Crippen LogP contribution in [-0.4, -0.2) is 75.9 Å². The summed E-state index contributed by atoms with van der Waals surface area (Å²) in [5, 5.41) is 19.8. The van der Waals surface area contributed by atoms with E-state index in [2.05, 4.69) is 15.0 Å². The van der Waals surface area contributed by atoms with E-state index < -0.39 is 24.5 Å². The van der Waals surface area contributed by atoms with Gasteiger partial charge >= 0.3 is 0 Å². The van der Waals surface area contributed by atoms with Crippen LogP contribution in [0.1, 0.15) is 6.23 Å². The molecule has 1 fully saturated rings. The number of aliphatic hydroxyl groups excluding tert-OH is 2. The zero-order valence-corrected chi connectivity index (χ0v) is 12.6. The van der Waals surface area contributed by atoms with Crippen LogP contribution in [0, 0.1) is 0 Å². The standard InChI is InChI=1S/C13H19N5O4/c1-17(2)11-8-12(15-5-14-11)18(6-16-8)13-9(20)10(21-3)7(4-19)22-13/h5-7,9-10,13,19-20H,4H2,1-3H3/t7-,9-,10-,13-/m1/s1. The van der Waals surface area contributed by atoms with Crippen LogP contribution in [0.2, 0.25) is 0 Å². The molecule has 0 radical (unpaired) electrons. The van der Waals surface area contributed by atoms with Crippen molar-refractivity contribution in [1.82, 2.24) is 19.5 Å². The van der Waals surface area contributed by atoms with Crippen molar-refractivity contribution in [2.75, 3.05) is 32.7 Å². The molecule has 2 aromatic heterocycles. The van der Waals surface area contributed by atoms with E-state index in [1.54, 1.807) is 10.9 Å². The molecule has 4 atom stereocenters. The van der Waals surface area contributed by atoms with Gasteiger partial charge in [0.25, 0.3) is 0 Å². The van der Waals surface area contributed by atoms with Crippen molar-refractivity contribution in [2.24, 2.45) is 0 Å². The lowest BCUT2D eigenvalue weighted by Crippen LogP contribution is -2.35. The lowest BCUT2D eigenvalue weighted by atomic mass is 10.1. The average molecular weight is 309 g/mol. The zero-order chi connectivity index (χ0) is 15.9. The molecule has 0 spiro atoms. The van der Waals surface area contributed by atoms with Crippen LogP contribution in [0.25, 0.3) is 11.2 Å². The third kappa shape index (κ3) is 2.22. The second-order valence-electron chi connectivity index (χ2n) is 5.35. The Morgan fingerprint density at radius 2 is 2.14 bits per heavy atom. The van der Waals surface area contributed by atoms with Crippen molar-refractivity contribution in [3.8, 4) is 0 Å². The lowest BCUT2D eigenvalue weighted by molar-refractivity contribution is -0.0535. The number of nitrogens with zero attached hydrogens (tertiary/aromatic N) is 5. The Hall–Kier alpha value is -1.81. The molecule has 3 rings (SSSR count). The number of aliphatic hydroxyl groups is 2. The first-order chi connectivity index (χ1) is 10.6. The first kappa shape index (κ1) is 15.1. The highest BCUT2D eigenvalue weighted by Crippen LogP contribution is 2.33. The third-order valence-corrected chi connectivity index (χ3v) is 3.80. The van der Waals surface area contributed by atoms with E-state index in [-0.39, 0.29) is 6.61 Å². The number of ether oxygens (including phenoxy) is 2. The van der Waals surface area contributed by atoms with E-state index >= 15 is 0 Å². The maximum atomic E-state index is 10.4. The van der Waals surface area contributed by atoms with Gasteiger partial charge in [-0.15, -0.1) is 0 Å². The molecule has 0 amide bonds. The van der Waals surface area contributed by atoms with Crippen LogP contribution in [0.4, 0.5) is 5.82 Å². The molecule has 22 heavy (non-hydrogen) atoms. The Morgan fingerprint density at radius 1 is 1.36 bits per heavy atom. The van der Waals surface area contributed by atoms with E-state index in [9.17, 15) is 10.2 Å². The van der Waals surface area contributed by atoms with Gasteiger partial charge in [-0.05, 0) is 0 Å². The summed E-state index contributed by atoms with van der Waals surface area (Å²) in [6, 6.07) is 0. The van der Waals surface area contributed by atoms with Gasteiger partial charge in [-0.1, -0.05) is 0 Å². The van der Waals surface area contributed by atoms with Gasteiger partial charge in [-0.25, -0.2) is 15.0 Å². The molecule has 0 aromatic carbocycles. The molecular formula is C13H19N5O4. The third-order valence-electron chi connectivity index (χ3n) is 3.80. The van der Waals surface area contributed by atoms with Crippen LogP contribution >= 0.6 is 0 Å². The molecule has 1 aliphatic rings. The maximum absolute atomic E-state index is 10.4. The number of aromatic nitrogens is 4. The second-order valence-corrected chi connectivity index (χ2v) is 5.35. The van der Waals surface area contributed by atoms with Gasteiger partial charge < -0.3 is 24.6 Å². The SMILES string of the molecule is CO[C@H]1[C@@H](O)[C@H](n2cnc3c(N(C)C)ncnc32)O[C@@H]1CO. The Kier molecular flexibility index (Phi) is 3.96. The molecule has 2 aromatic rings. The fraction of sp³-hybridized carbons (Fsp3) is 0.615. The minimum absolute atomic E-state index is 0.239. The van der Waals surface area contributed by atoms with Crippen LogP contribution in [0.3, 0.4) is 0 Å². The van der Waals surface area contributed by atoms with Gasteiger partial charge in [0.1, 0.15) is 24.6 Å². The molecule has 0 aliphatic carbocycles. The summed E-state index contributed by atoms with van der Waals surface area (Å²) in [6.07, 6.45) is 0.121. The second kappa shape index (κ2) is 5.76. The molecule has 1 aliphatic heterocycles. The summed E-state index contributed by atoms with van der Waals surface area (Å²) >= 11 is 0. The molecule has 9 nitrogen and oxygen atoms in total. The molecule has 1 saturated heterocycles. The van der Waals surface area contributed by atoms with Gasteiger partial charge in [-0.3, -0.25) is 4.57 Å². The number of fused-ring (bicyclic) bond motifs is 1. The van der Waals surface area contributed by atoms with E-state index in [1.165, 1.54) is 13.4 Å². The predicted molar refractivity (Wildman–Crippen MR) is 77.4 cm³/mol. The molecule has 0 unspecified atom stereocenters. The highest BCUT2D eigenvalue weighted by Gasteiger charge is 2.45. The topological polar surface area (TPSA) is 106 Å². The largest absolute Gasteiger partial charge is 0.394 e. The first-order valence-corrected chi connectivity index (χ1v) is 6.90. The van der Waals surface area contributed by atoms with Crippen molar-refractivity contribution in [3.63, 3.8) is 0 Å². The molecule has 0 bridgehead atoms. The van der Waals surface area contributed by atoms with Crippen molar-refractivity contribution in [2.45, 2.75) is 24.5 Å². The van der Waals surface area contributed by atoms with E-state index in [4.69, 9.17) is 9.47 Å². The summed E-state index contributed by atoms with van der Waals surface area (Å²) in [5.41, 5.74) is 1.17. The Balaban J connectivity index is 2.03. The number of hydrogen-bond acceptors (Lipinski definition) is 8. The van der Waals surface area contributed by atoms with Crippen molar-refractivity contribution >= 4 is 17.0 Å². The summed E-state index contributed by atoms with van der Waals surface area (Å²) < 4.78 is 12.6. The molecule has 2 N–H and O–H groups in total. The monoisotopic (exact) mass is 309 g/mol. The van der Waals surface area contributed by atoms with Gasteiger partial charge in [-0.2, -0.15) is 0 Å². The highest BCUT2D eigenvalue weighted by atomic mass is 16.6. The van der Waals surface area contributed by atoms with Crippen molar-refractivity contribution < 1.29 is 19.7 Å². The van der Waals surface area contributed by atoms with Gasteiger partial charge in [0.05, 0.1) is 12.9 Å². The number of imidazole rings is 1. The van der Waals surface area contributed by atoms with Crippen LogP contribution in [0.5, 0.6) is 0 Å². The summed E-state index contributed by atoms with van der Waals surface area (Å²) in [7, 11) is 5.20. The fourth-order valence-corrected chi connectivity index (χ4v) is 2.74. The summed E-state index contributed by atoms with van der Waals surface area (Å²) in [5.74, 6) is 0.679. The lowest BCUT2D eigenvalue weighted by Gasteiger charge is -2.18. The van der Waals surface area contributed by atoms with Crippen LogP contribution in [0.15, 0.2) is 12.7 Å². The van der Waals surface area contributed by atoms with Crippen molar-refractivity contribution in [3.05, 3.63) is 12.7 Å². The molecule has 9 heteroatoms. The van der Waals surface area contributed by atoms with E-state index in [1.807, 2.05) is 19.0 Å². The normalized spacial score (nSPS) is 28.4. The number of anilines is 1. The van der Waals surface area contributed by atoms with Gasteiger partial charge in [0.2, 0.25) is 0 Å². The smallest absolute Gasteiger partial charge is 0.167 e. The number of rotatable bonds is 4. The Labute approximate surface area is 127 Å². The fourth-order valence-electron chi connectivity index (χ4n) is 2.74. The molecule has 120 valence electrons. The summed E-state index contributed by atoms with van der Waals surface area (Å²) in [4.78, 5) is 14.6. The minimum atomic E-state index is -0.933. The number of methoxy groups -OCH3 is 1. The minimum Gasteiger partial charge on any atom is -0.394 e. The van der Waals surface area contributed by atoms with Crippen LogP contribution < -0.4 is 4.90 Å². The number of hydrogen-bond donors (Lipinski definition) is 2. The van der Waals surface area contributed by atoms with E-state index in [0.717, 1.165) is 0 Å². The maximum Gasteiger partial charge on any atom is 0.167 e. The average Bonchev–Trinajstić information content (AvgIpc) is 3.07. The summed E-state index contributed by atoms with van der Waals surface area (Å²) in [6.45, 7) is -0.239. The molecule has 3 heterocycles. The zero-order valence-electron chi connectivity index (χ0n) is 12.6. The predicted octanol–water partition coefficient (Wildman–Crippen LogP) is -0.842. The molecule has 0 saturated carbocycles. The Bertz CT molecular complexity index is 661. The quantitative estimate of drug-likeness (QED) is 0.753. The van der Waals surface area contributed by atoms with Crippen molar-refractivity contribution in [1.29, 1.82) is 0 Å². The highest BCUT2D eigenvalue weighted by molar-refractivity contribution is 5.83. The Morgan fingerprint density at radius 3 is 2.73 bits per heavy atom. The van der Waals surface area contributed by atoms with Crippen LogP contribution in [-0.2, 0) is 9.47 Å².